The molecule has 0 amide bonds. The molecular weight excluding hydrogens is 676 g/mol. The first-order valence-electron chi connectivity index (χ1n) is 21.1. The Morgan fingerprint density at radius 2 is 1.09 bits per heavy atom. The zero-order valence-electron chi connectivity index (χ0n) is 33.3. The van der Waals surface area contributed by atoms with E-state index in [4.69, 9.17) is 18.9 Å². The van der Waals surface area contributed by atoms with Crippen LogP contribution in [0.1, 0.15) is 168 Å². The van der Waals surface area contributed by atoms with Gasteiger partial charge in [-0.3, -0.25) is 9.59 Å². The molecule has 1 rings (SSSR count). The lowest BCUT2D eigenvalue weighted by atomic mass is 9.99. The van der Waals surface area contributed by atoms with E-state index in [2.05, 4.69) is 50.3 Å². The summed E-state index contributed by atoms with van der Waals surface area (Å²) in [5.74, 6) is -0.834. The fourth-order valence-corrected chi connectivity index (χ4v) is 6.10. The predicted molar refractivity (Wildman–Crippen MR) is 210 cm³/mol. The third-order valence-electron chi connectivity index (χ3n) is 9.48. The minimum absolute atomic E-state index is 0.212. The van der Waals surface area contributed by atoms with Crippen LogP contribution < -0.4 is 0 Å². The van der Waals surface area contributed by atoms with Gasteiger partial charge in [-0.1, -0.05) is 127 Å². The lowest BCUT2D eigenvalue weighted by Crippen LogP contribution is -2.59. The highest BCUT2D eigenvalue weighted by Gasteiger charge is 2.44. The molecule has 0 spiro atoms. The molecule has 10 heteroatoms. The van der Waals surface area contributed by atoms with E-state index in [1.54, 1.807) is 0 Å². The van der Waals surface area contributed by atoms with Crippen LogP contribution in [0.2, 0.25) is 0 Å². The minimum atomic E-state index is -1.60. The second-order valence-electron chi connectivity index (χ2n) is 14.4. The molecule has 0 saturated carbocycles. The molecule has 1 saturated heterocycles. The number of hydrogen-bond acceptors (Lipinski definition) is 10. The van der Waals surface area contributed by atoms with Crippen molar-refractivity contribution in [3.8, 4) is 0 Å². The zero-order valence-corrected chi connectivity index (χ0v) is 33.3. The van der Waals surface area contributed by atoms with Crippen molar-refractivity contribution in [1.82, 2.24) is 0 Å². The Morgan fingerprint density at radius 1 is 0.585 bits per heavy atom. The Hall–Kier alpha value is -2.08. The number of hydrogen-bond donors (Lipinski definition) is 4. The molecule has 1 heterocycles. The van der Waals surface area contributed by atoms with Gasteiger partial charge >= 0.3 is 11.9 Å². The molecule has 1 fully saturated rings. The molecule has 0 radical (unpaired) electrons. The van der Waals surface area contributed by atoms with Crippen molar-refractivity contribution in [2.24, 2.45) is 0 Å². The SMILES string of the molecule is CCC/C=C\C/C=C\CCCCCCCC(=O)OC(COC(=O)CCCCCCC/C=C\CCCCCCCC)COC1OC(CO)C(O)C(O)C1O. The van der Waals surface area contributed by atoms with Gasteiger partial charge in [0.15, 0.2) is 12.4 Å². The Balaban J connectivity index is 2.37. The Labute approximate surface area is 321 Å². The summed E-state index contributed by atoms with van der Waals surface area (Å²) in [7, 11) is 0. The van der Waals surface area contributed by atoms with Crippen LogP contribution >= 0.6 is 0 Å². The molecule has 0 bridgehead atoms. The van der Waals surface area contributed by atoms with Gasteiger partial charge in [-0.15, -0.1) is 0 Å². The first-order chi connectivity index (χ1) is 25.8. The maximum absolute atomic E-state index is 12.7. The molecule has 308 valence electrons. The summed E-state index contributed by atoms with van der Waals surface area (Å²) in [4.78, 5) is 25.2. The maximum Gasteiger partial charge on any atom is 0.306 e. The van der Waals surface area contributed by atoms with Crippen LogP contribution in [-0.4, -0.2) is 89.0 Å². The van der Waals surface area contributed by atoms with Gasteiger partial charge < -0.3 is 39.4 Å². The van der Waals surface area contributed by atoms with E-state index in [9.17, 15) is 30.0 Å². The smallest absolute Gasteiger partial charge is 0.306 e. The molecule has 0 aromatic carbocycles. The summed E-state index contributed by atoms with van der Waals surface area (Å²) in [6, 6.07) is 0. The number of carbonyl (C=O) groups is 2. The number of unbranched alkanes of at least 4 members (excludes halogenated alkanes) is 17. The van der Waals surface area contributed by atoms with Crippen molar-refractivity contribution in [1.29, 1.82) is 0 Å². The van der Waals surface area contributed by atoms with Crippen molar-refractivity contribution in [2.75, 3.05) is 19.8 Å². The molecule has 10 nitrogen and oxygen atoms in total. The van der Waals surface area contributed by atoms with Gasteiger partial charge in [0.2, 0.25) is 0 Å². The second kappa shape index (κ2) is 34.4. The van der Waals surface area contributed by atoms with E-state index in [0.29, 0.717) is 12.8 Å². The maximum atomic E-state index is 12.7. The van der Waals surface area contributed by atoms with Gasteiger partial charge in [-0.25, -0.2) is 0 Å². The molecule has 1 aliphatic heterocycles. The van der Waals surface area contributed by atoms with E-state index in [1.807, 2.05) is 0 Å². The lowest BCUT2D eigenvalue weighted by molar-refractivity contribution is -0.305. The standard InChI is InChI=1S/C43H76O10/c1-3-5-7-9-11-13-15-17-18-20-21-23-25-27-29-31-38(45)50-34-36(35-51-43-42(49)41(48)40(47)37(33-44)53-43)52-39(46)32-30-28-26-24-22-19-16-14-12-10-8-6-4-2/h8,10,14,16-18,36-37,40-44,47-49H,3-7,9,11-13,15,19-35H2,1-2H3/b10-8-,16-14-,18-17-. The first-order valence-corrected chi connectivity index (χ1v) is 21.1. The third kappa shape index (κ3) is 26.4. The highest BCUT2D eigenvalue weighted by atomic mass is 16.7. The van der Waals surface area contributed by atoms with Crippen molar-refractivity contribution < 1.29 is 49.0 Å². The number of ether oxygens (including phenoxy) is 4. The number of aliphatic hydroxyl groups is 4. The molecular formula is C43H76O10. The van der Waals surface area contributed by atoms with E-state index < -0.39 is 49.4 Å². The molecule has 0 aromatic rings. The summed E-state index contributed by atoms with van der Waals surface area (Å²) in [6.45, 7) is 3.32. The number of rotatable bonds is 34. The largest absolute Gasteiger partial charge is 0.462 e. The summed E-state index contributed by atoms with van der Waals surface area (Å²) < 4.78 is 22.1. The monoisotopic (exact) mass is 753 g/mol. The topological polar surface area (TPSA) is 152 Å². The van der Waals surface area contributed by atoms with Crippen molar-refractivity contribution in [3.63, 3.8) is 0 Å². The van der Waals surface area contributed by atoms with Crippen molar-refractivity contribution in [2.45, 2.75) is 205 Å². The van der Waals surface area contributed by atoms with Crippen LogP contribution in [0.4, 0.5) is 0 Å². The summed E-state index contributed by atoms with van der Waals surface area (Å²) >= 11 is 0. The van der Waals surface area contributed by atoms with Gasteiger partial charge in [0.1, 0.15) is 31.0 Å². The number of esters is 2. The van der Waals surface area contributed by atoms with Gasteiger partial charge in [-0.2, -0.15) is 0 Å². The Kier molecular flexibility index (Phi) is 31.8. The van der Waals surface area contributed by atoms with E-state index in [1.165, 1.54) is 51.4 Å². The van der Waals surface area contributed by atoms with Gasteiger partial charge in [0.05, 0.1) is 13.2 Å². The first kappa shape index (κ1) is 48.9. The fraction of sp³-hybridized carbons (Fsp3) is 0.814. The van der Waals surface area contributed by atoms with Crippen LogP contribution in [0.15, 0.2) is 36.5 Å². The number of allylic oxidation sites excluding steroid dienone is 6. The molecule has 6 atom stereocenters. The summed E-state index contributed by atoms with van der Waals surface area (Å²) in [5.41, 5.74) is 0. The van der Waals surface area contributed by atoms with Gasteiger partial charge in [0.25, 0.3) is 0 Å². The average molecular weight is 753 g/mol. The fourth-order valence-electron chi connectivity index (χ4n) is 6.10. The lowest BCUT2D eigenvalue weighted by Gasteiger charge is -2.39. The molecule has 0 aliphatic carbocycles. The predicted octanol–water partition coefficient (Wildman–Crippen LogP) is 8.33. The van der Waals surface area contributed by atoms with Crippen LogP contribution in [-0.2, 0) is 28.5 Å². The molecule has 4 N–H and O–H groups in total. The molecule has 6 unspecified atom stereocenters. The Morgan fingerprint density at radius 3 is 1.66 bits per heavy atom. The summed E-state index contributed by atoms with van der Waals surface area (Å²) in [6.07, 6.45) is 30.1. The number of aliphatic hydroxyl groups excluding tert-OH is 4. The molecule has 53 heavy (non-hydrogen) atoms. The highest BCUT2D eigenvalue weighted by molar-refractivity contribution is 5.70. The van der Waals surface area contributed by atoms with Gasteiger partial charge in [-0.05, 0) is 64.2 Å². The highest BCUT2D eigenvalue weighted by Crippen LogP contribution is 2.22. The number of carbonyl (C=O) groups excluding carboxylic acids is 2. The van der Waals surface area contributed by atoms with Crippen LogP contribution in [0.25, 0.3) is 0 Å². The van der Waals surface area contributed by atoms with Crippen LogP contribution in [0, 0.1) is 0 Å². The molecule has 1 aliphatic rings. The van der Waals surface area contributed by atoms with Crippen molar-refractivity contribution >= 4 is 11.9 Å². The van der Waals surface area contributed by atoms with Crippen molar-refractivity contribution in [3.05, 3.63) is 36.5 Å². The Bertz CT molecular complexity index is 965. The van der Waals surface area contributed by atoms with Gasteiger partial charge in [0, 0.05) is 12.8 Å². The quantitative estimate of drug-likeness (QED) is 0.0287. The summed E-state index contributed by atoms with van der Waals surface area (Å²) in [5, 5.41) is 40.0. The second-order valence-corrected chi connectivity index (χ2v) is 14.4. The van der Waals surface area contributed by atoms with Crippen LogP contribution in [0.5, 0.6) is 0 Å². The van der Waals surface area contributed by atoms with E-state index >= 15 is 0 Å². The van der Waals surface area contributed by atoms with E-state index in [0.717, 1.165) is 77.0 Å². The normalized spacial score (nSPS) is 21.2. The average Bonchev–Trinajstić information content (AvgIpc) is 3.15. The molecule has 0 aromatic heterocycles. The third-order valence-corrected chi connectivity index (χ3v) is 9.48. The zero-order chi connectivity index (χ0) is 38.8. The minimum Gasteiger partial charge on any atom is -0.462 e. The van der Waals surface area contributed by atoms with Crippen LogP contribution in [0.3, 0.4) is 0 Å². The van der Waals surface area contributed by atoms with E-state index in [-0.39, 0.29) is 32.0 Å².